The molecule has 8 heteroatoms. The van der Waals surface area contributed by atoms with Crippen LogP contribution in [0.25, 0.3) is 11.4 Å². The molecule has 110 valence electrons. The van der Waals surface area contributed by atoms with Crippen LogP contribution in [-0.4, -0.2) is 47.5 Å². The fraction of sp³-hybridized carbons (Fsp3) is 0.214. The van der Waals surface area contributed by atoms with Gasteiger partial charge in [0, 0.05) is 24.8 Å². The summed E-state index contributed by atoms with van der Waals surface area (Å²) in [5.41, 5.74) is 2.30. The quantitative estimate of drug-likeness (QED) is 0.752. The highest BCUT2D eigenvalue weighted by atomic mass is 16.2. The van der Waals surface area contributed by atoms with E-state index in [1.54, 1.807) is 18.6 Å². The maximum absolute atomic E-state index is 12.9. The average molecular weight is 295 g/mol. The Morgan fingerprint density at radius 2 is 2.14 bits per heavy atom. The van der Waals surface area contributed by atoms with Crippen LogP contribution < -0.4 is 0 Å². The van der Waals surface area contributed by atoms with Gasteiger partial charge < -0.3 is 9.47 Å². The van der Waals surface area contributed by atoms with E-state index in [1.165, 1.54) is 0 Å². The average Bonchev–Trinajstić information content (AvgIpc) is 3.24. The van der Waals surface area contributed by atoms with Gasteiger partial charge >= 0.3 is 0 Å². The normalized spacial score (nSPS) is 13.9. The summed E-state index contributed by atoms with van der Waals surface area (Å²) in [5.74, 6) is 0.388. The molecular weight excluding hydrogens is 282 g/mol. The summed E-state index contributed by atoms with van der Waals surface area (Å²) >= 11 is 0. The first-order valence-corrected chi connectivity index (χ1v) is 6.94. The fourth-order valence-electron chi connectivity index (χ4n) is 2.67. The maximum atomic E-state index is 12.9. The van der Waals surface area contributed by atoms with Crippen molar-refractivity contribution in [3.8, 4) is 11.4 Å². The third kappa shape index (κ3) is 2.05. The van der Waals surface area contributed by atoms with E-state index < -0.39 is 0 Å². The lowest BCUT2D eigenvalue weighted by Gasteiger charge is -2.28. The first kappa shape index (κ1) is 12.7. The summed E-state index contributed by atoms with van der Waals surface area (Å²) in [7, 11) is 0. The summed E-state index contributed by atoms with van der Waals surface area (Å²) in [4.78, 5) is 18.8. The van der Waals surface area contributed by atoms with E-state index >= 15 is 0 Å². The molecule has 3 aromatic rings. The number of carbonyl (C=O) groups excluding carboxylic acids is 1. The molecule has 8 nitrogen and oxygen atoms in total. The number of fused-ring (bicyclic) bond motifs is 1. The van der Waals surface area contributed by atoms with Crippen molar-refractivity contribution in [3.05, 3.63) is 48.0 Å². The van der Waals surface area contributed by atoms with Crippen molar-refractivity contribution in [1.82, 2.24) is 35.1 Å². The van der Waals surface area contributed by atoms with E-state index in [-0.39, 0.29) is 5.91 Å². The molecule has 0 saturated heterocycles. The van der Waals surface area contributed by atoms with Crippen molar-refractivity contribution < 1.29 is 4.79 Å². The number of aromatic nitrogens is 6. The lowest BCUT2D eigenvalue weighted by molar-refractivity contribution is 0.0712. The molecular formula is C14H13N7O. The van der Waals surface area contributed by atoms with Crippen molar-refractivity contribution in [2.75, 3.05) is 6.54 Å². The predicted molar refractivity (Wildman–Crippen MR) is 76.6 cm³/mol. The lowest BCUT2D eigenvalue weighted by Crippen LogP contribution is -2.38. The molecule has 1 amide bonds. The number of amides is 1. The summed E-state index contributed by atoms with van der Waals surface area (Å²) in [6, 6.07) is 7.31. The molecule has 0 fully saturated rings. The number of nitrogens with one attached hydrogen (secondary N) is 1. The highest BCUT2D eigenvalue weighted by Gasteiger charge is 2.24. The van der Waals surface area contributed by atoms with Gasteiger partial charge in [-0.15, -0.1) is 10.2 Å². The fourth-order valence-corrected chi connectivity index (χ4v) is 2.67. The number of hydrogen-bond donors (Lipinski definition) is 1. The van der Waals surface area contributed by atoms with Crippen molar-refractivity contribution in [2.24, 2.45) is 0 Å². The molecule has 2 aromatic heterocycles. The molecule has 1 aliphatic rings. The van der Waals surface area contributed by atoms with Gasteiger partial charge in [-0.1, -0.05) is 18.2 Å². The van der Waals surface area contributed by atoms with Crippen molar-refractivity contribution in [2.45, 2.75) is 13.1 Å². The van der Waals surface area contributed by atoms with Crippen LogP contribution in [0.1, 0.15) is 16.1 Å². The number of rotatable bonds is 2. The van der Waals surface area contributed by atoms with E-state index in [0.29, 0.717) is 30.0 Å². The minimum absolute atomic E-state index is 0.0344. The smallest absolute Gasteiger partial charge is 0.255 e. The van der Waals surface area contributed by atoms with Crippen LogP contribution in [0.4, 0.5) is 0 Å². The molecule has 22 heavy (non-hydrogen) atoms. The molecule has 4 rings (SSSR count). The standard InChI is InChI=1S/C14H13N7O/c22-14(20-5-6-21-9-15-7-10(21)8-20)12-4-2-1-3-11(12)13-16-18-19-17-13/h1-4,7,9H,5-6,8H2,(H,16,17,18,19). The largest absolute Gasteiger partial charge is 0.331 e. The molecule has 0 radical (unpaired) electrons. The van der Waals surface area contributed by atoms with Crippen molar-refractivity contribution in [1.29, 1.82) is 0 Å². The second-order valence-corrected chi connectivity index (χ2v) is 5.09. The summed E-state index contributed by atoms with van der Waals surface area (Å²) in [6.45, 7) is 1.97. The lowest BCUT2D eigenvalue weighted by atomic mass is 10.1. The Labute approximate surface area is 125 Å². The zero-order valence-corrected chi connectivity index (χ0v) is 11.7. The van der Waals surface area contributed by atoms with Crippen LogP contribution in [0.2, 0.25) is 0 Å². The van der Waals surface area contributed by atoms with Crippen LogP contribution in [0.3, 0.4) is 0 Å². The molecule has 1 N–H and O–H groups in total. The highest BCUT2D eigenvalue weighted by Crippen LogP contribution is 2.22. The molecule has 0 atom stereocenters. The first-order valence-electron chi connectivity index (χ1n) is 6.94. The predicted octanol–water partition coefficient (Wildman–Crippen LogP) is 0.719. The SMILES string of the molecule is O=C(c1ccccc1-c1nn[nH]n1)N1CCn2cncc2C1. The monoisotopic (exact) mass is 295 g/mol. The number of imidazole rings is 1. The van der Waals surface area contributed by atoms with E-state index in [9.17, 15) is 4.79 Å². The van der Waals surface area contributed by atoms with Crippen LogP contribution in [-0.2, 0) is 13.1 Å². The van der Waals surface area contributed by atoms with Crippen LogP contribution in [0.15, 0.2) is 36.8 Å². The number of nitrogens with zero attached hydrogens (tertiary/aromatic N) is 6. The van der Waals surface area contributed by atoms with Crippen LogP contribution >= 0.6 is 0 Å². The molecule has 1 aromatic carbocycles. The number of benzene rings is 1. The Morgan fingerprint density at radius 3 is 3.00 bits per heavy atom. The first-order chi connectivity index (χ1) is 10.8. The number of carbonyl (C=O) groups is 1. The Bertz CT molecular complexity index is 808. The zero-order valence-electron chi connectivity index (χ0n) is 11.7. The minimum atomic E-state index is -0.0344. The Hall–Kier alpha value is -3.03. The molecule has 1 aliphatic heterocycles. The third-order valence-electron chi connectivity index (χ3n) is 3.79. The van der Waals surface area contributed by atoms with Crippen LogP contribution in [0.5, 0.6) is 0 Å². The van der Waals surface area contributed by atoms with Gasteiger partial charge in [0.25, 0.3) is 5.91 Å². The van der Waals surface area contributed by atoms with E-state index in [2.05, 4.69) is 30.2 Å². The Kier molecular flexibility index (Phi) is 2.92. The van der Waals surface area contributed by atoms with Crippen molar-refractivity contribution >= 4 is 5.91 Å². The Morgan fingerprint density at radius 1 is 1.23 bits per heavy atom. The molecule has 0 spiro atoms. The molecule has 0 unspecified atom stereocenters. The number of aromatic amines is 1. The second-order valence-electron chi connectivity index (χ2n) is 5.09. The van der Waals surface area contributed by atoms with Gasteiger partial charge in [-0.05, 0) is 11.3 Å². The van der Waals surface area contributed by atoms with Crippen molar-refractivity contribution in [3.63, 3.8) is 0 Å². The third-order valence-corrected chi connectivity index (χ3v) is 3.79. The topological polar surface area (TPSA) is 92.6 Å². The Balaban J connectivity index is 1.67. The zero-order chi connectivity index (χ0) is 14.9. The molecule has 0 saturated carbocycles. The maximum Gasteiger partial charge on any atom is 0.255 e. The molecule has 0 aliphatic carbocycles. The van der Waals surface area contributed by atoms with E-state index in [0.717, 1.165) is 12.2 Å². The number of hydrogen-bond acceptors (Lipinski definition) is 5. The van der Waals surface area contributed by atoms with E-state index in [4.69, 9.17) is 0 Å². The molecule has 3 heterocycles. The van der Waals surface area contributed by atoms with Gasteiger partial charge in [-0.25, -0.2) is 4.98 Å². The van der Waals surface area contributed by atoms with Gasteiger partial charge in [0.15, 0.2) is 0 Å². The van der Waals surface area contributed by atoms with Gasteiger partial charge in [0.1, 0.15) is 0 Å². The van der Waals surface area contributed by atoms with Gasteiger partial charge in [-0.3, -0.25) is 4.79 Å². The summed E-state index contributed by atoms with van der Waals surface area (Å²) in [5, 5.41) is 13.9. The van der Waals surface area contributed by atoms with Gasteiger partial charge in [0.05, 0.1) is 24.1 Å². The number of tetrazole rings is 1. The van der Waals surface area contributed by atoms with Crippen LogP contribution in [0, 0.1) is 0 Å². The summed E-state index contributed by atoms with van der Waals surface area (Å²) in [6.07, 6.45) is 3.59. The van der Waals surface area contributed by atoms with E-state index in [1.807, 2.05) is 23.1 Å². The highest BCUT2D eigenvalue weighted by molar-refractivity contribution is 6.00. The second kappa shape index (κ2) is 5.06. The van der Waals surface area contributed by atoms with Gasteiger partial charge in [0.2, 0.25) is 5.82 Å². The van der Waals surface area contributed by atoms with Gasteiger partial charge in [-0.2, -0.15) is 5.21 Å². The number of H-pyrrole nitrogens is 1. The summed E-state index contributed by atoms with van der Waals surface area (Å²) < 4.78 is 2.06. The molecule has 0 bridgehead atoms. The minimum Gasteiger partial charge on any atom is -0.331 e.